The number of nitrogens with one attached hydrogen (secondary N) is 1. The van der Waals surface area contributed by atoms with Crippen molar-refractivity contribution in [1.82, 2.24) is 10.2 Å². The number of hydrogen-bond donors (Lipinski definition) is 3. The molecule has 35 heavy (non-hydrogen) atoms. The van der Waals surface area contributed by atoms with Crippen molar-refractivity contribution in [2.24, 2.45) is 11.8 Å². The third kappa shape index (κ3) is 5.36. The van der Waals surface area contributed by atoms with Gasteiger partial charge in [-0.15, -0.1) is 0 Å². The second kappa shape index (κ2) is 11.2. The van der Waals surface area contributed by atoms with Crippen molar-refractivity contribution in [3.8, 4) is 11.5 Å². The molecule has 1 aromatic rings. The largest absolute Gasteiger partial charge is 0.493 e. The molecule has 0 bridgehead atoms. The van der Waals surface area contributed by atoms with Gasteiger partial charge in [0.15, 0.2) is 11.5 Å². The van der Waals surface area contributed by atoms with E-state index in [2.05, 4.69) is 19.2 Å². The molecule has 1 aliphatic carbocycles. The molecule has 1 heterocycles. The monoisotopic (exact) mass is 488 g/mol. The van der Waals surface area contributed by atoms with Gasteiger partial charge in [-0.3, -0.25) is 14.4 Å². The van der Waals surface area contributed by atoms with Crippen molar-refractivity contribution in [3.05, 3.63) is 34.9 Å². The molecule has 0 fully saturated rings. The summed E-state index contributed by atoms with van der Waals surface area (Å²) >= 11 is 0. The van der Waals surface area contributed by atoms with Gasteiger partial charge in [0, 0.05) is 35.7 Å². The normalized spacial score (nSPS) is 22.7. The molecule has 0 saturated heterocycles. The van der Waals surface area contributed by atoms with E-state index in [9.17, 15) is 24.6 Å². The average molecular weight is 489 g/mol. The summed E-state index contributed by atoms with van der Waals surface area (Å²) in [7, 11) is 1.45. The summed E-state index contributed by atoms with van der Waals surface area (Å²) in [6.45, 7) is 7.95. The maximum Gasteiger partial charge on any atom is 0.247 e. The van der Waals surface area contributed by atoms with Gasteiger partial charge in [0.25, 0.3) is 0 Å². The Morgan fingerprint density at radius 2 is 1.97 bits per heavy atom. The van der Waals surface area contributed by atoms with Gasteiger partial charge in [-0.05, 0) is 30.5 Å². The number of amides is 2. The molecule has 3 N–H and O–H groups in total. The summed E-state index contributed by atoms with van der Waals surface area (Å²) in [4.78, 5) is 39.6. The van der Waals surface area contributed by atoms with E-state index in [1.165, 1.54) is 7.11 Å². The van der Waals surface area contributed by atoms with E-state index < -0.39 is 30.1 Å². The zero-order chi connectivity index (χ0) is 25.9. The highest BCUT2D eigenvalue weighted by molar-refractivity contribution is 5.96. The first-order valence-corrected chi connectivity index (χ1v) is 12.1. The van der Waals surface area contributed by atoms with Gasteiger partial charge in [-0.25, -0.2) is 0 Å². The highest BCUT2D eigenvalue weighted by Crippen LogP contribution is 2.51. The SMILES string of the molecule is COc1cc(C=O)cc2c1O[C@@H]1[C@@H](O)[C@H](N(CCC(C)C)C(=O)C(C)C)C=C(C(=O)NCCO)[C@H]21. The lowest BCUT2D eigenvalue weighted by Gasteiger charge is -2.41. The van der Waals surface area contributed by atoms with Crippen LogP contribution in [0.3, 0.4) is 0 Å². The number of aldehydes is 1. The Bertz CT molecular complexity index is 988. The number of rotatable bonds is 10. The van der Waals surface area contributed by atoms with Crippen LogP contribution in [0, 0.1) is 11.8 Å². The van der Waals surface area contributed by atoms with Crippen LogP contribution in [0.15, 0.2) is 23.8 Å². The zero-order valence-electron chi connectivity index (χ0n) is 21.0. The predicted molar refractivity (Wildman–Crippen MR) is 130 cm³/mol. The Labute approximate surface area is 206 Å². The zero-order valence-corrected chi connectivity index (χ0v) is 21.0. The molecule has 0 saturated carbocycles. The molecule has 1 aliphatic heterocycles. The summed E-state index contributed by atoms with van der Waals surface area (Å²) in [5.41, 5.74) is 1.22. The number of carbonyl (C=O) groups is 3. The lowest BCUT2D eigenvalue weighted by atomic mass is 9.77. The minimum absolute atomic E-state index is 0.0498. The maximum absolute atomic E-state index is 13.2. The minimum Gasteiger partial charge on any atom is -0.493 e. The van der Waals surface area contributed by atoms with Gasteiger partial charge in [-0.2, -0.15) is 0 Å². The van der Waals surface area contributed by atoms with Crippen LogP contribution in [0.5, 0.6) is 11.5 Å². The lowest BCUT2D eigenvalue weighted by Crippen LogP contribution is -2.56. The van der Waals surface area contributed by atoms with Gasteiger partial charge in [-0.1, -0.05) is 27.7 Å². The van der Waals surface area contributed by atoms with Crippen molar-refractivity contribution in [1.29, 1.82) is 0 Å². The number of hydrogen-bond acceptors (Lipinski definition) is 7. The molecule has 3 rings (SSSR count). The molecule has 0 spiro atoms. The fourth-order valence-electron chi connectivity index (χ4n) is 4.69. The number of ether oxygens (including phenoxy) is 2. The summed E-state index contributed by atoms with van der Waals surface area (Å²) in [5.74, 6) is -0.519. The van der Waals surface area contributed by atoms with Gasteiger partial charge < -0.3 is 29.9 Å². The molecule has 0 aromatic heterocycles. The highest BCUT2D eigenvalue weighted by atomic mass is 16.5. The number of benzene rings is 1. The maximum atomic E-state index is 13.2. The van der Waals surface area contributed by atoms with Crippen molar-refractivity contribution < 1.29 is 34.1 Å². The first-order valence-electron chi connectivity index (χ1n) is 12.1. The van der Waals surface area contributed by atoms with Gasteiger partial charge >= 0.3 is 0 Å². The molecule has 0 unspecified atom stereocenters. The molecule has 4 atom stereocenters. The Kier molecular flexibility index (Phi) is 8.56. The summed E-state index contributed by atoms with van der Waals surface area (Å²) in [6, 6.07) is 2.39. The van der Waals surface area contributed by atoms with E-state index in [1.807, 2.05) is 0 Å². The van der Waals surface area contributed by atoms with Crippen LogP contribution in [-0.2, 0) is 9.59 Å². The van der Waals surface area contributed by atoms with Crippen LogP contribution in [-0.4, -0.2) is 78.3 Å². The fraction of sp³-hybridized carbons (Fsp3) is 0.577. The summed E-state index contributed by atoms with van der Waals surface area (Å²) in [5, 5.41) is 23.4. The second-order valence-electron chi connectivity index (χ2n) is 9.77. The Morgan fingerprint density at radius 1 is 1.26 bits per heavy atom. The number of carbonyl (C=O) groups excluding carboxylic acids is 3. The quantitative estimate of drug-likeness (QED) is 0.428. The minimum atomic E-state index is -1.12. The lowest BCUT2D eigenvalue weighted by molar-refractivity contribution is -0.140. The molecule has 0 radical (unpaired) electrons. The summed E-state index contributed by atoms with van der Waals surface area (Å²) in [6.07, 6.45) is 1.06. The fourth-order valence-corrected chi connectivity index (χ4v) is 4.69. The van der Waals surface area contributed by atoms with Crippen LogP contribution in [0.4, 0.5) is 0 Å². The number of aliphatic hydroxyl groups is 2. The number of fused-ring (bicyclic) bond motifs is 3. The molecular formula is C26H36N2O7. The van der Waals surface area contributed by atoms with E-state index in [1.54, 1.807) is 37.0 Å². The van der Waals surface area contributed by atoms with Crippen molar-refractivity contribution in [2.75, 3.05) is 26.8 Å². The van der Waals surface area contributed by atoms with Gasteiger partial charge in [0.2, 0.25) is 11.8 Å². The molecule has 2 aliphatic rings. The smallest absolute Gasteiger partial charge is 0.247 e. The highest BCUT2D eigenvalue weighted by Gasteiger charge is 2.51. The first kappa shape index (κ1) is 26.7. The van der Waals surface area contributed by atoms with Crippen LogP contribution in [0.25, 0.3) is 0 Å². The van der Waals surface area contributed by atoms with E-state index in [4.69, 9.17) is 9.47 Å². The first-order chi connectivity index (χ1) is 16.6. The van der Waals surface area contributed by atoms with Gasteiger partial charge in [0.1, 0.15) is 18.5 Å². The molecular weight excluding hydrogens is 452 g/mol. The van der Waals surface area contributed by atoms with E-state index >= 15 is 0 Å². The Balaban J connectivity index is 2.13. The number of nitrogens with zero attached hydrogens (tertiary/aromatic N) is 1. The molecule has 1 aromatic carbocycles. The number of methoxy groups -OCH3 is 1. The molecule has 192 valence electrons. The van der Waals surface area contributed by atoms with Crippen LogP contribution in [0.1, 0.15) is 56.0 Å². The standard InChI is InChI=1S/C26H36N2O7/c1-14(2)6-8-28(26(33)15(3)4)19-12-18(25(32)27-7-9-29)21-17-10-16(13-30)11-20(34-5)23(17)35-24(21)22(19)31/h10-15,19,21-22,24,29,31H,6-9H2,1-5H3,(H,27,32)/t19-,21+,22+,24+/m1/s1. The third-order valence-electron chi connectivity index (χ3n) is 6.50. The summed E-state index contributed by atoms with van der Waals surface area (Å²) < 4.78 is 11.6. The second-order valence-corrected chi connectivity index (χ2v) is 9.77. The van der Waals surface area contributed by atoms with Crippen molar-refractivity contribution in [2.45, 2.75) is 58.3 Å². The van der Waals surface area contributed by atoms with Crippen LogP contribution in [0.2, 0.25) is 0 Å². The van der Waals surface area contributed by atoms with Crippen molar-refractivity contribution in [3.63, 3.8) is 0 Å². The molecule has 9 heteroatoms. The topological polar surface area (TPSA) is 125 Å². The molecule has 2 amide bonds. The average Bonchev–Trinajstić information content (AvgIpc) is 3.22. The van der Waals surface area contributed by atoms with Crippen molar-refractivity contribution >= 4 is 18.1 Å². The van der Waals surface area contributed by atoms with E-state index in [-0.39, 0.29) is 25.0 Å². The van der Waals surface area contributed by atoms with E-state index in [0.29, 0.717) is 46.9 Å². The number of aliphatic hydroxyl groups excluding tert-OH is 2. The Morgan fingerprint density at radius 3 is 2.54 bits per heavy atom. The predicted octanol–water partition coefficient (Wildman–Crippen LogP) is 1.66. The van der Waals surface area contributed by atoms with Crippen LogP contribution >= 0.6 is 0 Å². The van der Waals surface area contributed by atoms with Crippen LogP contribution < -0.4 is 14.8 Å². The van der Waals surface area contributed by atoms with Gasteiger partial charge in [0.05, 0.1) is 25.7 Å². The van der Waals surface area contributed by atoms with E-state index in [0.717, 1.165) is 6.42 Å². The Hall–Kier alpha value is -2.91. The molecule has 9 nitrogen and oxygen atoms in total. The third-order valence-corrected chi connectivity index (χ3v) is 6.50.